The summed E-state index contributed by atoms with van der Waals surface area (Å²) in [6.45, 7) is 0. The van der Waals surface area contributed by atoms with Crippen molar-refractivity contribution in [3.8, 4) is 45.3 Å². The van der Waals surface area contributed by atoms with Crippen molar-refractivity contribution < 1.29 is 8.83 Å². The molecule has 0 saturated heterocycles. The van der Waals surface area contributed by atoms with Crippen LogP contribution in [0.15, 0.2) is 173 Å². The summed E-state index contributed by atoms with van der Waals surface area (Å²) in [5.74, 6) is 1.75. The van der Waals surface area contributed by atoms with E-state index >= 15 is 0 Å². The predicted octanol–water partition coefficient (Wildman–Crippen LogP) is 12.6. The minimum atomic E-state index is 0.576. The number of nitrogens with zero attached hydrogens (tertiary/aromatic N) is 3. The van der Waals surface area contributed by atoms with E-state index in [1.165, 1.54) is 27.1 Å². The number of benzene rings is 8. The van der Waals surface area contributed by atoms with E-state index in [9.17, 15) is 0 Å². The monoisotopic (exact) mass is 665 g/mol. The number of rotatable bonds is 4. The van der Waals surface area contributed by atoms with Gasteiger partial charge in [0.1, 0.15) is 22.3 Å². The van der Waals surface area contributed by atoms with Gasteiger partial charge in [-0.15, -0.1) is 0 Å². The highest BCUT2D eigenvalue weighted by Gasteiger charge is 2.21. The van der Waals surface area contributed by atoms with Crippen molar-refractivity contribution in [1.29, 1.82) is 0 Å². The average Bonchev–Trinajstić information content (AvgIpc) is 3.79. The van der Waals surface area contributed by atoms with Gasteiger partial charge in [0.05, 0.1) is 0 Å². The Kier molecular flexibility index (Phi) is 6.18. The van der Waals surface area contributed by atoms with Gasteiger partial charge in [0.25, 0.3) is 0 Å². The van der Waals surface area contributed by atoms with Gasteiger partial charge in [0.15, 0.2) is 17.5 Å². The molecule has 0 bridgehead atoms. The van der Waals surface area contributed by atoms with Crippen molar-refractivity contribution in [3.05, 3.63) is 164 Å². The van der Waals surface area contributed by atoms with Crippen molar-refractivity contribution in [2.45, 2.75) is 0 Å². The molecule has 0 aliphatic rings. The molecule has 0 radical (unpaired) electrons. The van der Waals surface area contributed by atoms with Gasteiger partial charge in [-0.3, -0.25) is 0 Å². The van der Waals surface area contributed by atoms with E-state index in [0.29, 0.717) is 17.5 Å². The van der Waals surface area contributed by atoms with Crippen LogP contribution in [0.3, 0.4) is 0 Å². The Hall–Kier alpha value is -7.11. The molecule has 0 aliphatic heterocycles. The Morgan fingerprint density at radius 2 is 0.865 bits per heavy atom. The highest BCUT2D eigenvalue weighted by atomic mass is 16.3. The van der Waals surface area contributed by atoms with Crippen LogP contribution in [0.25, 0.3) is 111 Å². The molecule has 0 saturated carbocycles. The summed E-state index contributed by atoms with van der Waals surface area (Å²) in [5, 5.41) is 8.89. The Bertz CT molecular complexity index is 3190. The minimum Gasteiger partial charge on any atom is -0.456 e. The van der Waals surface area contributed by atoms with Crippen LogP contribution in [0.2, 0.25) is 0 Å². The second kappa shape index (κ2) is 11.2. The molecule has 0 atom stereocenters. The Balaban J connectivity index is 1.13. The molecule has 52 heavy (non-hydrogen) atoms. The van der Waals surface area contributed by atoms with Crippen LogP contribution in [0.4, 0.5) is 0 Å². The van der Waals surface area contributed by atoms with Crippen molar-refractivity contribution in [2.24, 2.45) is 0 Å². The minimum absolute atomic E-state index is 0.576. The number of hydrogen-bond acceptors (Lipinski definition) is 5. The molecule has 0 unspecified atom stereocenters. The van der Waals surface area contributed by atoms with Gasteiger partial charge < -0.3 is 8.83 Å². The van der Waals surface area contributed by atoms with Crippen LogP contribution in [0, 0.1) is 0 Å². The predicted molar refractivity (Wildman–Crippen MR) is 211 cm³/mol. The van der Waals surface area contributed by atoms with Crippen LogP contribution in [0.1, 0.15) is 0 Å². The topological polar surface area (TPSA) is 65.0 Å². The summed E-state index contributed by atoms with van der Waals surface area (Å²) >= 11 is 0. The normalized spacial score (nSPS) is 11.8. The maximum Gasteiger partial charge on any atom is 0.164 e. The highest BCUT2D eigenvalue weighted by Crippen LogP contribution is 2.41. The highest BCUT2D eigenvalue weighted by molar-refractivity contribution is 6.16. The van der Waals surface area contributed by atoms with E-state index < -0.39 is 0 Å². The standard InChI is InChI=1S/C47H27N3O2/c1-2-12-28(13-3-1)45-48-46(36-19-10-22-40-43(36)34-18-8-9-21-39(34)51-40)50-47(49-45)37-20-11-23-41-44(37)35-25-24-30(27-42(35)52-41)38-26-29-14-4-5-15-31(29)32-16-6-7-17-33(32)38/h1-27H. The first-order valence-electron chi connectivity index (χ1n) is 17.4. The number of para-hydroxylation sites is 1. The van der Waals surface area contributed by atoms with Gasteiger partial charge in [-0.2, -0.15) is 0 Å². The molecular weight excluding hydrogens is 639 g/mol. The second-order valence-electron chi connectivity index (χ2n) is 13.1. The zero-order valence-electron chi connectivity index (χ0n) is 27.7. The van der Waals surface area contributed by atoms with Crippen molar-refractivity contribution in [2.75, 3.05) is 0 Å². The largest absolute Gasteiger partial charge is 0.456 e. The molecular formula is C47H27N3O2. The summed E-state index contributed by atoms with van der Waals surface area (Å²) in [5.41, 5.74) is 8.16. The molecule has 0 aliphatic carbocycles. The van der Waals surface area contributed by atoms with Gasteiger partial charge in [-0.25, -0.2) is 15.0 Å². The van der Waals surface area contributed by atoms with E-state index in [-0.39, 0.29) is 0 Å². The maximum atomic E-state index is 6.62. The lowest BCUT2D eigenvalue weighted by Crippen LogP contribution is -2.00. The number of aromatic nitrogens is 3. The molecule has 11 rings (SSSR count). The van der Waals surface area contributed by atoms with Crippen LogP contribution < -0.4 is 0 Å². The fraction of sp³-hybridized carbons (Fsp3) is 0. The van der Waals surface area contributed by atoms with E-state index in [2.05, 4.69) is 91.0 Å². The van der Waals surface area contributed by atoms with Crippen molar-refractivity contribution >= 4 is 65.4 Å². The average molecular weight is 666 g/mol. The summed E-state index contributed by atoms with van der Waals surface area (Å²) in [7, 11) is 0. The first-order chi connectivity index (χ1) is 25.8. The molecule has 11 aromatic rings. The smallest absolute Gasteiger partial charge is 0.164 e. The molecule has 5 nitrogen and oxygen atoms in total. The summed E-state index contributed by atoms with van der Waals surface area (Å²) < 4.78 is 12.9. The summed E-state index contributed by atoms with van der Waals surface area (Å²) in [6.07, 6.45) is 0. The first-order valence-corrected chi connectivity index (χ1v) is 17.4. The SMILES string of the molecule is c1ccc(-c2nc(-c3cccc4oc5ccccc5c34)nc(-c3cccc4oc5cc(-c6cc7ccccc7c7ccccc67)ccc5c34)n2)cc1. The third kappa shape index (κ3) is 4.39. The molecule has 3 heterocycles. The lowest BCUT2D eigenvalue weighted by atomic mass is 9.93. The van der Waals surface area contributed by atoms with Gasteiger partial charge in [-0.05, 0) is 69.1 Å². The lowest BCUT2D eigenvalue weighted by molar-refractivity contribution is 0.668. The second-order valence-corrected chi connectivity index (χ2v) is 13.1. The molecule has 242 valence electrons. The van der Waals surface area contributed by atoms with Gasteiger partial charge in [-0.1, -0.05) is 127 Å². The van der Waals surface area contributed by atoms with Gasteiger partial charge in [0.2, 0.25) is 0 Å². The van der Waals surface area contributed by atoms with E-state index in [1.54, 1.807) is 0 Å². The summed E-state index contributed by atoms with van der Waals surface area (Å²) in [6, 6.07) is 56.3. The van der Waals surface area contributed by atoms with E-state index in [0.717, 1.165) is 66.1 Å². The van der Waals surface area contributed by atoms with Crippen LogP contribution in [0.5, 0.6) is 0 Å². The zero-order chi connectivity index (χ0) is 34.2. The van der Waals surface area contributed by atoms with Crippen molar-refractivity contribution in [1.82, 2.24) is 15.0 Å². The Morgan fingerprint density at radius 3 is 1.62 bits per heavy atom. The summed E-state index contributed by atoms with van der Waals surface area (Å²) in [4.78, 5) is 15.4. The molecule has 8 aromatic carbocycles. The van der Waals surface area contributed by atoms with E-state index in [4.69, 9.17) is 23.8 Å². The van der Waals surface area contributed by atoms with Gasteiger partial charge in [0, 0.05) is 38.2 Å². The number of hydrogen-bond donors (Lipinski definition) is 0. The molecule has 5 heteroatoms. The van der Waals surface area contributed by atoms with Crippen LogP contribution in [-0.2, 0) is 0 Å². The zero-order valence-corrected chi connectivity index (χ0v) is 27.7. The molecule has 0 amide bonds. The number of fused-ring (bicyclic) bond motifs is 9. The third-order valence-electron chi connectivity index (χ3n) is 10.1. The van der Waals surface area contributed by atoms with Gasteiger partial charge >= 0.3 is 0 Å². The maximum absolute atomic E-state index is 6.62. The van der Waals surface area contributed by atoms with Crippen molar-refractivity contribution in [3.63, 3.8) is 0 Å². The quantitative estimate of drug-likeness (QED) is 0.175. The van der Waals surface area contributed by atoms with Crippen LogP contribution >= 0.6 is 0 Å². The fourth-order valence-corrected chi connectivity index (χ4v) is 7.77. The first kappa shape index (κ1) is 28.7. The van der Waals surface area contributed by atoms with E-state index in [1.807, 2.05) is 72.8 Å². The number of furan rings is 2. The third-order valence-corrected chi connectivity index (χ3v) is 10.1. The molecule has 0 spiro atoms. The molecule has 3 aromatic heterocycles. The Morgan fingerprint density at radius 1 is 0.308 bits per heavy atom. The fourth-order valence-electron chi connectivity index (χ4n) is 7.77. The Labute approximate surface area is 297 Å². The lowest BCUT2D eigenvalue weighted by Gasteiger charge is -2.11. The molecule has 0 N–H and O–H groups in total. The molecule has 0 fully saturated rings. The van der Waals surface area contributed by atoms with Crippen LogP contribution in [-0.4, -0.2) is 15.0 Å².